The van der Waals surface area contributed by atoms with Crippen LogP contribution in [0.15, 0.2) is 0 Å². The minimum atomic E-state index is 0.0234. The zero-order valence-corrected chi connectivity index (χ0v) is 6.34. The van der Waals surface area contributed by atoms with Crippen LogP contribution in [0.1, 0.15) is 25.7 Å². The van der Waals surface area contributed by atoms with Crippen molar-refractivity contribution in [1.29, 1.82) is 0 Å². The zero-order valence-electron chi connectivity index (χ0n) is 6.34. The number of fused-ring (bicyclic) bond motifs is 1. The smallest absolute Gasteiger partial charge is 0.114 e. The predicted octanol–water partition coefficient (Wildman–Crippen LogP) is -0.812. The fraction of sp³-hybridized carbons (Fsp3) is 1.00. The van der Waals surface area contributed by atoms with Crippen LogP contribution in [0.5, 0.6) is 0 Å². The largest absolute Gasteiger partial charge is 0.387 e. The first kappa shape index (κ1) is 6.62. The highest BCUT2D eigenvalue weighted by Gasteiger charge is 2.37. The summed E-state index contributed by atoms with van der Waals surface area (Å²) in [5.74, 6) is 0. The molecule has 2 aliphatic heterocycles. The molecule has 2 N–H and O–H groups in total. The van der Waals surface area contributed by atoms with Crippen molar-refractivity contribution in [2.75, 3.05) is 13.1 Å². The molecule has 2 fully saturated rings. The Kier molecular flexibility index (Phi) is 1.66. The number of hydrogen-bond acceptors (Lipinski definition) is 1. The molecule has 0 aromatic heterocycles. The van der Waals surface area contributed by atoms with Crippen LogP contribution in [0.2, 0.25) is 0 Å². The molecule has 0 amide bonds. The molecule has 2 nitrogen and oxygen atoms in total. The quantitative estimate of drug-likeness (QED) is 0.454. The third-order valence-electron chi connectivity index (χ3n) is 3.01. The van der Waals surface area contributed by atoms with Gasteiger partial charge < -0.3 is 10.0 Å². The Bertz CT molecular complexity index is 124. The Morgan fingerprint density at radius 3 is 2.80 bits per heavy atom. The van der Waals surface area contributed by atoms with E-state index in [0.29, 0.717) is 6.04 Å². The summed E-state index contributed by atoms with van der Waals surface area (Å²) < 4.78 is 0. The van der Waals surface area contributed by atoms with Crippen LogP contribution in [-0.2, 0) is 0 Å². The van der Waals surface area contributed by atoms with E-state index in [1.807, 2.05) is 0 Å². The number of quaternary nitrogens is 1. The normalized spacial score (nSPS) is 47.1. The lowest BCUT2D eigenvalue weighted by Gasteiger charge is -2.27. The summed E-state index contributed by atoms with van der Waals surface area (Å²) in [6, 6.07) is 0.605. The second kappa shape index (κ2) is 2.51. The van der Waals surface area contributed by atoms with Crippen molar-refractivity contribution in [3.63, 3.8) is 0 Å². The minimum Gasteiger partial charge on any atom is -0.387 e. The Balaban J connectivity index is 2.01. The number of aliphatic hydroxyl groups excluding tert-OH is 1. The number of hydrogen-bond donors (Lipinski definition) is 2. The maximum atomic E-state index is 9.50. The average molecular weight is 142 g/mol. The maximum Gasteiger partial charge on any atom is 0.114 e. The number of aliphatic hydroxyl groups is 1. The highest BCUT2D eigenvalue weighted by molar-refractivity contribution is 4.75. The van der Waals surface area contributed by atoms with E-state index in [9.17, 15) is 5.11 Å². The average Bonchev–Trinajstić information content (AvgIpc) is 2.34. The van der Waals surface area contributed by atoms with E-state index in [1.165, 1.54) is 32.4 Å². The van der Waals surface area contributed by atoms with Gasteiger partial charge >= 0.3 is 0 Å². The molecular weight excluding hydrogens is 126 g/mol. The summed E-state index contributed by atoms with van der Waals surface area (Å²) in [5, 5.41) is 9.50. The maximum absolute atomic E-state index is 9.50. The van der Waals surface area contributed by atoms with Gasteiger partial charge in [-0.3, -0.25) is 0 Å². The molecule has 2 heterocycles. The summed E-state index contributed by atoms with van der Waals surface area (Å²) in [6.07, 6.45) is 5.04. The van der Waals surface area contributed by atoms with E-state index in [0.717, 1.165) is 6.42 Å². The van der Waals surface area contributed by atoms with Crippen molar-refractivity contribution >= 4 is 0 Å². The Labute approximate surface area is 61.8 Å². The molecule has 0 aromatic rings. The van der Waals surface area contributed by atoms with E-state index < -0.39 is 0 Å². The number of nitrogens with one attached hydrogen (secondary N) is 1. The van der Waals surface area contributed by atoms with Crippen LogP contribution in [-0.4, -0.2) is 30.3 Å². The van der Waals surface area contributed by atoms with Gasteiger partial charge in [-0.2, -0.15) is 0 Å². The number of piperidine rings is 1. The lowest BCUT2D eigenvalue weighted by molar-refractivity contribution is -0.919. The fourth-order valence-corrected chi connectivity index (χ4v) is 2.42. The van der Waals surface area contributed by atoms with Gasteiger partial charge in [-0.05, 0) is 12.8 Å². The molecule has 1 unspecified atom stereocenters. The Hall–Kier alpha value is -0.0800. The lowest BCUT2D eigenvalue weighted by Crippen LogP contribution is -3.15. The molecule has 2 heteroatoms. The van der Waals surface area contributed by atoms with Gasteiger partial charge in [0.15, 0.2) is 0 Å². The third-order valence-corrected chi connectivity index (χ3v) is 3.01. The van der Waals surface area contributed by atoms with Gasteiger partial charge in [0.25, 0.3) is 0 Å². The molecule has 2 rings (SSSR count). The van der Waals surface area contributed by atoms with Gasteiger partial charge in [0.1, 0.15) is 12.1 Å². The van der Waals surface area contributed by atoms with Gasteiger partial charge in [-0.15, -0.1) is 0 Å². The van der Waals surface area contributed by atoms with E-state index in [1.54, 1.807) is 4.90 Å². The number of rotatable bonds is 0. The SMILES string of the molecule is O[C@H]1CC[NH+]2CCCC[C@@H]12. The molecule has 0 radical (unpaired) electrons. The standard InChI is InChI=1S/C8H15NO/c10-8-4-6-9-5-2-1-3-7(8)9/h7-8,10H,1-6H2/p+1/t7-,8-/m0/s1. The zero-order chi connectivity index (χ0) is 6.97. The van der Waals surface area contributed by atoms with Gasteiger partial charge in [0.05, 0.1) is 13.1 Å². The van der Waals surface area contributed by atoms with Crippen molar-refractivity contribution < 1.29 is 10.0 Å². The summed E-state index contributed by atoms with van der Waals surface area (Å²) in [6.45, 7) is 2.52. The van der Waals surface area contributed by atoms with Crippen LogP contribution in [0.3, 0.4) is 0 Å². The fourth-order valence-electron chi connectivity index (χ4n) is 2.42. The second-order valence-corrected chi connectivity index (χ2v) is 3.62. The van der Waals surface area contributed by atoms with Crippen LogP contribution in [0.25, 0.3) is 0 Å². The Morgan fingerprint density at radius 2 is 2.00 bits per heavy atom. The van der Waals surface area contributed by atoms with Crippen LogP contribution in [0.4, 0.5) is 0 Å². The lowest BCUT2D eigenvalue weighted by atomic mass is 10.0. The summed E-state index contributed by atoms with van der Waals surface area (Å²) in [4.78, 5) is 1.67. The van der Waals surface area contributed by atoms with E-state index >= 15 is 0 Å². The molecule has 0 spiro atoms. The first-order chi connectivity index (χ1) is 4.88. The molecule has 3 atom stereocenters. The van der Waals surface area contributed by atoms with Crippen LogP contribution in [0, 0.1) is 0 Å². The molecule has 0 bridgehead atoms. The van der Waals surface area contributed by atoms with E-state index in [-0.39, 0.29) is 6.10 Å². The van der Waals surface area contributed by atoms with Gasteiger partial charge in [0.2, 0.25) is 0 Å². The van der Waals surface area contributed by atoms with E-state index in [4.69, 9.17) is 0 Å². The summed E-state index contributed by atoms with van der Waals surface area (Å²) in [7, 11) is 0. The minimum absolute atomic E-state index is 0.0234. The van der Waals surface area contributed by atoms with Crippen LogP contribution >= 0.6 is 0 Å². The molecule has 10 heavy (non-hydrogen) atoms. The molecule has 0 aromatic carbocycles. The first-order valence-corrected chi connectivity index (χ1v) is 4.40. The highest BCUT2D eigenvalue weighted by Crippen LogP contribution is 2.12. The molecule has 58 valence electrons. The Morgan fingerprint density at radius 1 is 1.10 bits per heavy atom. The topological polar surface area (TPSA) is 24.7 Å². The molecule has 0 aliphatic carbocycles. The monoisotopic (exact) mass is 142 g/mol. The van der Waals surface area contributed by atoms with Gasteiger partial charge in [0, 0.05) is 12.8 Å². The summed E-state index contributed by atoms with van der Waals surface area (Å²) >= 11 is 0. The van der Waals surface area contributed by atoms with Crippen molar-refractivity contribution in [2.45, 2.75) is 37.8 Å². The molecular formula is C8H16NO+. The van der Waals surface area contributed by atoms with Gasteiger partial charge in [-0.1, -0.05) is 0 Å². The highest BCUT2D eigenvalue weighted by atomic mass is 16.3. The van der Waals surface area contributed by atoms with Crippen molar-refractivity contribution in [3.8, 4) is 0 Å². The first-order valence-electron chi connectivity index (χ1n) is 4.40. The molecule has 0 saturated carbocycles. The molecule has 2 aliphatic rings. The van der Waals surface area contributed by atoms with Gasteiger partial charge in [-0.25, -0.2) is 0 Å². The molecule has 2 saturated heterocycles. The van der Waals surface area contributed by atoms with Crippen molar-refractivity contribution in [3.05, 3.63) is 0 Å². The summed E-state index contributed by atoms with van der Waals surface area (Å²) in [5.41, 5.74) is 0. The van der Waals surface area contributed by atoms with Crippen molar-refractivity contribution in [1.82, 2.24) is 0 Å². The van der Waals surface area contributed by atoms with Crippen molar-refractivity contribution in [2.24, 2.45) is 0 Å². The van der Waals surface area contributed by atoms with E-state index in [2.05, 4.69) is 0 Å². The van der Waals surface area contributed by atoms with Crippen LogP contribution < -0.4 is 4.90 Å². The predicted molar refractivity (Wildman–Crippen MR) is 39.0 cm³/mol. The second-order valence-electron chi connectivity index (χ2n) is 3.62. The third kappa shape index (κ3) is 0.956.